The Kier molecular flexibility index (Phi) is 4.52. The number of hydrogen-bond donors (Lipinski definition) is 4. The number of fused-ring (bicyclic) bond motifs is 1. The van der Waals surface area contributed by atoms with E-state index in [1.54, 1.807) is 0 Å². The van der Waals surface area contributed by atoms with E-state index in [1.165, 1.54) is 48.5 Å². The molecule has 0 unspecified atom stereocenters. The highest BCUT2D eigenvalue weighted by atomic mass is 32.2. The summed E-state index contributed by atoms with van der Waals surface area (Å²) in [4.78, 5) is 10.6. The van der Waals surface area contributed by atoms with E-state index in [4.69, 9.17) is 5.73 Å². The van der Waals surface area contributed by atoms with Gasteiger partial charge in [-0.3, -0.25) is 4.55 Å². The zero-order valence-corrected chi connectivity index (χ0v) is 14.4. The third kappa shape index (κ3) is 3.57. The third-order valence-electron chi connectivity index (χ3n) is 3.72. The van der Waals surface area contributed by atoms with Crippen LogP contribution in [0.5, 0.6) is 5.75 Å². The standard InChI is InChI=1S/C17H13N3O6S/c18-10-6-5-9-7-14(21)15(16(12(9)8-10)27(24,25)26)20-19-13-4-2-1-3-11(13)17(22)23/h1-8,21H,18H2,(H,22,23)(H,24,25,26). The first-order valence-electron chi connectivity index (χ1n) is 7.45. The molecule has 0 saturated carbocycles. The van der Waals surface area contributed by atoms with Crippen LogP contribution < -0.4 is 5.73 Å². The highest BCUT2D eigenvalue weighted by Crippen LogP contribution is 2.41. The number of hydrogen-bond acceptors (Lipinski definition) is 7. The maximum absolute atomic E-state index is 11.9. The number of azo groups is 1. The van der Waals surface area contributed by atoms with E-state index < -0.39 is 32.4 Å². The van der Waals surface area contributed by atoms with Gasteiger partial charge in [0.15, 0.2) is 0 Å². The lowest BCUT2D eigenvalue weighted by molar-refractivity contribution is 0.0697. The number of aromatic hydroxyl groups is 1. The van der Waals surface area contributed by atoms with Gasteiger partial charge in [0.05, 0.1) is 5.56 Å². The summed E-state index contributed by atoms with van der Waals surface area (Å²) in [5.41, 5.74) is 5.16. The lowest BCUT2D eigenvalue weighted by Gasteiger charge is -2.10. The van der Waals surface area contributed by atoms with Crippen LogP contribution in [0, 0.1) is 0 Å². The van der Waals surface area contributed by atoms with E-state index in [2.05, 4.69) is 10.2 Å². The Morgan fingerprint density at radius 3 is 2.41 bits per heavy atom. The number of carboxylic acids is 1. The van der Waals surface area contributed by atoms with Gasteiger partial charge in [-0.05, 0) is 35.7 Å². The summed E-state index contributed by atoms with van der Waals surface area (Å²) in [6.07, 6.45) is 0. The Balaban J connectivity index is 2.29. The van der Waals surface area contributed by atoms with Gasteiger partial charge in [0.2, 0.25) is 0 Å². The number of phenolic OH excluding ortho intramolecular Hbond substituents is 1. The molecule has 0 aliphatic rings. The molecule has 3 aromatic rings. The van der Waals surface area contributed by atoms with Crippen molar-refractivity contribution in [3.8, 4) is 5.75 Å². The van der Waals surface area contributed by atoms with E-state index in [1.807, 2.05) is 0 Å². The van der Waals surface area contributed by atoms with Gasteiger partial charge < -0.3 is 15.9 Å². The predicted octanol–water partition coefficient (Wildman–Crippen LogP) is 3.49. The molecule has 0 bridgehead atoms. The molecule has 0 amide bonds. The van der Waals surface area contributed by atoms with Crippen LogP contribution in [0.4, 0.5) is 17.1 Å². The first kappa shape index (κ1) is 18.3. The van der Waals surface area contributed by atoms with Crippen LogP contribution in [-0.2, 0) is 10.1 Å². The fourth-order valence-corrected chi connectivity index (χ4v) is 3.40. The van der Waals surface area contributed by atoms with Gasteiger partial charge in [-0.15, -0.1) is 10.2 Å². The van der Waals surface area contributed by atoms with Crippen molar-refractivity contribution in [2.24, 2.45) is 10.2 Å². The number of aromatic carboxylic acids is 1. The molecule has 3 aromatic carbocycles. The van der Waals surface area contributed by atoms with E-state index in [-0.39, 0.29) is 22.3 Å². The van der Waals surface area contributed by atoms with Crippen molar-refractivity contribution < 1.29 is 28.0 Å². The molecule has 27 heavy (non-hydrogen) atoms. The minimum atomic E-state index is -4.82. The van der Waals surface area contributed by atoms with Crippen LogP contribution in [0.15, 0.2) is 63.7 Å². The van der Waals surface area contributed by atoms with Crippen molar-refractivity contribution in [1.82, 2.24) is 0 Å². The molecule has 9 nitrogen and oxygen atoms in total. The van der Waals surface area contributed by atoms with Crippen molar-refractivity contribution in [1.29, 1.82) is 0 Å². The van der Waals surface area contributed by atoms with Crippen molar-refractivity contribution in [2.45, 2.75) is 4.90 Å². The first-order chi connectivity index (χ1) is 12.7. The average molecular weight is 387 g/mol. The SMILES string of the molecule is Nc1ccc2cc(O)c(N=Nc3ccccc3C(=O)O)c(S(=O)(=O)O)c2c1. The number of anilines is 1. The molecule has 10 heteroatoms. The highest BCUT2D eigenvalue weighted by Gasteiger charge is 2.23. The Labute approximate surface area is 153 Å². The van der Waals surface area contributed by atoms with Gasteiger partial charge in [-0.2, -0.15) is 8.42 Å². The number of carboxylic acid groups (broad SMARTS) is 1. The molecule has 0 spiro atoms. The zero-order valence-electron chi connectivity index (χ0n) is 13.6. The van der Waals surface area contributed by atoms with Crippen LogP contribution in [-0.4, -0.2) is 29.2 Å². The Hall–Kier alpha value is -3.50. The fraction of sp³-hybridized carbons (Fsp3) is 0. The van der Waals surface area contributed by atoms with Crippen molar-refractivity contribution in [3.63, 3.8) is 0 Å². The molecule has 0 aliphatic heterocycles. The summed E-state index contributed by atoms with van der Waals surface area (Å²) in [5.74, 6) is -1.81. The van der Waals surface area contributed by atoms with Crippen LogP contribution in [0.1, 0.15) is 10.4 Å². The normalized spacial score (nSPS) is 11.9. The minimum absolute atomic E-state index is 0.0377. The van der Waals surface area contributed by atoms with E-state index in [0.717, 1.165) is 0 Å². The second-order valence-corrected chi connectivity index (χ2v) is 6.91. The number of phenols is 1. The molecule has 0 fully saturated rings. The maximum atomic E-state index is 11.9. The van der Waals surface area contributed by atoms with Crippen LogP contribution in [0.2, 0.25) is 0 Å². The fourth-order valence-electron chi connectivity index (χ4n) is 2.56. The quantitative estimate of drug-likeness (QED) is 0.302. The molecule has 3 rings (SSSR count). The average Bonchev–Trinajstić information content (AvgIpc) is 2.59. The highest BCUT2D eigenvalue weighted by molar-refractivity contribution is 7.86. The smallest absolute Gasteiger partial charge is 0.337 e. The number of nitrogens with zero attached hydrogens (tertiary/aromatic N) is 2. The second kappa shape index (κ2) is 6.67. The second-order valence-electron chi connectivity index (χ2n) is 5.55. The number of benzene rings is 3. The Morgan fingerprint density at radius 1 is 1.04 bits per heavy atom. The van der Waals surface area contributed by atoms with Crippen molar-refractivity contribution >= 4 is 43.9 Å². The molecular weight excluding hydrogens is 374 g/mol. The number of carbonyl (C=O) groups is 1. The van der Waals surface area contributed by atoms with Crippen LogP contribution in [0.3, 0.4) is 0 Å². The molecule has 0 atom stereocenters. The molecule has 0 saturated heterocycles. The van der Waals surface area contributed by atoms with Gasteiger partial charge in [0.1, 0.15) is 22.0 Å². The molecular formula is C17H13N3O6S. The largest absolute Gasteiger partial charge is 0.506 e. The molecule has 0 heterocycles. The number of nitrogen functional groups attached to an aromatic ring is 1. The monoisotopic (exact) mass is 387 g/mol. The Morgan fingerprint density at radius 2 is 1.74 bits per heavy atom. The summed E-state index contributed by atoms with van der Waals surface area (Å²) < 4.78 is 33.5. The summed E-state index contributed by atoms with van der Waals surface area (Å²) in [5, 5.41) is 27.2. The zero-order chi connectivity index (χ0) is 19.8. The van der Waals surface area contributed by atoms with Gasteiger partial charge in [0.25, 0.3) is 10.1 Å². The van der Waals surface area contributed by atoms with Crippen molar-refractivity contribution in [2.75, 3.05) is 5.73 Å². The molecule has 0 aliphatic carbocycles. The summed E-state index contributed by atoms with van der Waals surface area (Å²) in [7, 11) is -4.82. The van der Waals surface area contributed by atoms with E-state index in [9.17, 15) is 28.0 Å². The third-order valence-corrected chi connectivity index (χ3v) is 4.65. The van der Waals surface area contributed by atoms with Gasteiger partial charge >= 0.3 is 5.97 Å². The number of rotatable bonds is 4. The van der Waals surface area contributed by atoms with Gasteiger partial charge in [-0.1, -0.05) is 18.2 Å². The van der Waals surface area contributed by atoms with E-state index in [0.29, 0.717) is 5.39 Å². The van der Waals surface area contributed by atoms with Crippen molar-refractivity contribution in [3.05, 3.63) is 54.1 Å². The topological polar surface area (TPSA) is 163 Å². The summed E-state index contributed by atoms with van der Waals surface area (Å²) >= 11 is 0. The lowest BCUT2D eigenvalue weighted by atomic mass is 10.1. The van der Waals surface area contributed by atoms with E-state index >= 15 is 0 Å². The van der Waals surface area contributed by atoms with Gasteiger partial charge in [0, 0.05) is 11.1 Å². The summed E-state index contributed by atoms with van der Waals surface area (Å²) in [6.45, 7) is 0. The van der Waals surface area contributed by atoms with Crippen LogP contribution in [0.25, 0.3) is 10.8 Å². The van der Waals surface area contributed by atoms with Crippen LogP contribution >= 0.6 is 0 Å². The number of nitrogens with two attached hydrogens (primary N) is 1. The minimum Gasteiger partial charge on any atom is -0.506 e. The van der Waals surface area contributed by atoms with Gasteiger partial charge in [-0.25, -0.2) is 4.79 Å². The Bertz CT molecular complexity index is 1200. The molecule has 0 radical (unpaired) electrons. The lowest BCUT2D eigenvalue weighted by Crippen LogP contribution is -2.01. The maximum Gasteiger partial charge on any atom is 0.337 e. The molecule has 5 N–H and O–H groups in total. The molecule has 138 valence electrons. The summed E-state index contributed by atoms with van der Waals surface area (Å²) in [6, 6.07) is 11.2. The first-order valence-corrected chi connectivity index (χ1v) is 8.89. The molecule has 0 aromatic heterocycles. The predicted molar refractivity (Wildman–Crippen MR) is 97.4 cm³/mol.